The Morgan fingerprint density at radius 1 is 1.33 bits per heavy atom. The van der Waals surface area contributed by atoms with Gasteiger partial charge in [0.25, 0.3) is 0 Å². The van der Waals surface area contributed by atoms with Crippen molar-refractivity contribution in [3.8, 4) is 12.3 Å². The van der Waals surface area contributed by atoms with Crippen LogP contribution >= 0.6 is 11.8 Å². The van der Waals surface area contributed by atoms with Crippen LogP contribution in [-0.2, 0) is 9.84 Å². The molecule has 0 aliphatic heterocycles. The van der Waals surface area contributed by atoms with Crippen molar-refractivity contribution in [2.24, 2.45) is 0 Å². The van der Waals surface area contributed by atoms with Gasteiger partial charge in [0.1, 0.15) is 0 Å². The minimum Gasteiger partial charge on any atom is -0.224 e. The molecule has 0 fully saturated rings. The molecule has 80 valence electrons. The summed E-state index contributed by atoms with van der Waals surface area (Å²) >= 11 is 1.63. The van der Waals surface area contributed by atoms with Crippen molar-refractivity contribution in [3.63, 3.8) is 0 Å². The predicted octanol–water partition coefficient (Wildman–Crippen LogP) is 2.21. The van der Waals surface area contributed by atoms with Gasteiger partial charge in [0, 0.05) is 23.3 Å². The van der Waals surface area contributed by atoms with Gasteiger partial charge in [-0.1, -0.05) is 0 Å². The molecule has 0 radical (unpaired) electrons. The summed E-state index contributed by atoms with van der Waals surface area (Å²) < 4.78 is 22.3. The molecule has 1 rings (SSSR count). The van der Waals surface area contributed by atoms with Crippen LogP contribution in [0.3, 0.4) is 0 Å². The first-order valence-corrected chi connectivity index (χ1v) is 7.28. The Hall–Kier alpha value is -0.920. The van der Waals surface area contributed by atoms with Crippen LogP contribution < -0.4 is 0 Å². The summed E-state index contributed by atoms with van der Waals surface area (Å²) in [5, 5.41) is 0. The second kappa shape index (κ2) is 5.24. The highest BCUT2D eigenvalue weighted by Gasteiger charge is 2.05. The molecule has 1 aromatic rings. The number of thioether (sulfide) groups is 1. The van der Waals surface area contributed by atoms with E-state index in [1.165, 1.54) is 6.26 Å². The van der Waals surface area contributed by atoms with Crippen LogP contribution in [0.25, 0.3) is 0 Å². The maximum atomic E-state index is 11.2. The van der Waals surface area contributed by atoms with E-state index in [0.29, 0.717) is 4.90 Å². The molecule has 0 aliphatic rings. The Labute approximate surface area is 95.0 Å². The zero-order valence-corrected chi connectivity index (χ0v) is 10.1. The van der Waals surface area contributed by atoms with Gasteiger partial charge in [0.2, 0.25) is 0 Å². The van der Waals surface area contributed by atoms with Crippen LogP contribution in [0.5, 0.6) is 0 Å². The van der Waals surface area contributed by atoms with Crippen LogP contribution in [0, 0.1) is 12.3 Å². The quantitative estimate of drug-likeness (QED) is 0.460. The third-order valence-electron chi connectivity index (χ3n) is 1.77. The minimum atomic E-state index is -3.09. The lowest BCUT2D eigenvalue weighted by atomic mass is 10.4. The minimum absolute atomic E-state index is 0.351. The summed E-state index contributed by atoms with van der Waals surface area (Å²) in [5.74, 6) is 3.41. The molecule has 0 unspecified atom stereocenters. The predicted molar refractivity (Wildman–Crippen MR) is 63.7 cm³/mol. The molecule has 1 aromatic carbocycles. The van der Waals surface area contributed by atoms with Crippen molar-refractivity contribution in [3.05, 3.63) is 24.3 Å². The van der Waals surface area contributed by atoms with E-state index in [4.69, 9.17) is 6.42 Å². The van der Waals surface area contributed by atoms with Crippen molar-refractivity contribution in [2.75, 3.05) is 12.0 Å². The lowest BCUT2D eigenvalue weighted by molar-refractivity contribution is 0.602. The lowest BCUT2D eigenvalue weighted by Crippen LogP contribution is -1.95. The van der Waals surface area contributed by atoms with Crippen molar-refractivity contribution >= 4 is 21.6 Å². The van der Waals surface area contributed by atoms with E-state index in [1.54, 1.807) is 36.0 Å². The number of rotatable bonds is 4. The molecule has 15 heavy (non-hydrogen) atoms. The Morgan fingerprint density at radius 3 is 2.40 bits per heavy atom. The van der Waals surface area contributed by atoms with Gasteiger partial charge in [-0.15, -0.1) is 24.1 Å². The van der Waals surface area contributed by atoms with Gasteiger partial charge in [0.05, 0.1) is 4.90 Å². The lowest BCUT2D eigenvalue weighted by Gasteiger charge is -2.01. The molecule has 2 nitrogen and oxygen atoms in total. The summed E-state index contributed by atoms with van der Waals surface area (Å²) in [4.78, 5) is 1.39. The van der Waals surface area contributed by atoms with Crippen LogP contribution in [0.4, 0.5) is 0 Å². The molecule has 0 amide bonds. The SMILES string of the molecule is C#CCCSc1ccc(S(C)(=O)=O)cc1. The van der Waals surface area contributed by atoms with Crippen LogP contribution in [0.2, 0.25) is 0 Å². The Balaban J connectivity index is 2.70. The van der Waals surface area contributed by atoms with Gasteiger partial charge in [-0.3, -0.25) is 0 Å². The fourth-order valence-electron chi connectivity index (χ4n) is 1.01. The Bertz CT molecular complexity index is 452. The maximum absolute atomic E-state index is 11.2. The zero-order chi connectivity index (χ0) is 11.3. The number of hydrogen-bond acceptors (Lipinski definition) is 3. The first-order chi connectivity index (χ1) is 7.04. The van der Waals surface area contributed by atoms with Gasteiger partial charge >= 0.3 is 0 Å². The molecule has 0 aromatic heterocycles. The van der Waals surface area contributed by atoms with Crippen molar-refractivity contribution in [1.82, 2.24) is 0 Å². The molecule has 0 aliphatic carbocycles. The highest BCUT2D eigenvalue weighted by Crippen LogP contribution is 2.20. The molecule has 0 spiro atoms. The Morgan fingerprint density at radius 2 is 1.93 bits per heavy atom. The summed E-state index contributed by atoms with van der Waals surface area (Å²) in [7, 11) is -3.09. The van der Waals surface area contributed by atoms with Crippen molar-refractivity contribution in [2.45, 2.75) is 16.2 Å². The van der Waals surface area contributed by atoms with Crippen LogP contribution in [0.1, 0.15) is 6.42 Å². The second-order valence-electron chi connectivity index (χ2n) is 3.05. The first kappa shape index (κ1) is 12.2. The summed E-state index contributed by atoms with van der Waals surface area (Å²) in [6.45, 7) is 0. The average Bonchev–Trinajstić information content (AvgIpc) is 2.18. The average molecular weight is 240 g/mol. The molecule has 0 saturated carbocycles. The monoisotopic (exact) mass is 240 g/mol. The van der Waals surface area contributed by atoms with E-state index in [-0.39, 0.29) is 0 Å². The number of terminal acetylenes is 1. The topological polar surface area (TPSA) is 34.1 Å². The second-order valence-corrected chi connectivity index (χ2v) is 6.23. The molecular weight excluding hydrogens is 228 g/mol. The smallest absolute Gasteiger partial charge is 0.175 e. The van der Waals surface area contributed by atoms with Gasteiger partial charge in [0.15, 0.2) is 9.84 Å². The number of benzene rings is 1. The molecule has 0 bridgehead atoms. The third kappa shape index (κ3) is 3.98. The fourth-order valence-corrected chi connectivity index (χ4v) is 2.43. The molecule has 0 N–H and O–H groups in total. The van der Waals surface area contributed by atoms with E-state index in [0.717, 1.165) is 17.1 Å². The van der Waals surface area contributed by atoms with Crippen LogP contribution in [-0.4, -0.2) is 20.4 Å². The maximum Gasteiger partial charge on any atom is 0.175 e. The first-order valence-electron chi connectivity index (χ1n) is 4.40. The van der Waals surface area contributed by atoms with Gasteiger partial charge in [-0.2, -0.15) is 0 Å². The normalized spacial score (nSPS) is 10.9. The highest BCUT2D eigenvalue weighted by atomic mass is 32.2. The summed E-state index contributed by atoms with van der Waals surface area (Å²) in [5.41, 5.74) is 0. The van der Waals surface area contributed by atoms with Crippen molar-refractivity contribution in [1.29, 1.82) is 0 Å². The summed E-state index contributed by atoms with van der Waals surface area (Å²) in [6.07, 6.45) is 7.05. The molecule has 4 heteroatoms. The van der Waals surface area contributed by atoms with E-state index < -0.39 is 9.84 Å². The Kier molecular flexibility index (Phi) is 4.25. The molecule has 0 atom stereocenters. The molecule has 0 saturated heterocycles. The highest BCUT2D eigenvalue weighted by molar-refractivity contribution is 7.99. The van der Waals surface area contributed by atoms with Gasteiger partial charge < -0.3 is 0 Å². The molecular formula is C11H12O2S2. The third-order valence-corrected chi connectivity index (χ3v) is 3.91. The van der Waals surface area contributed by atoms with E-state index in [9.17, 15) is 8.42 Å². The van der Waals surface area contributed by atoms with Gasteiger partial charge in [-0.05, 0) is 24.3 Å². The van der Waals surface area contributed by atoms with Crippen LogP contribution in [0.15, 0.2) is 34.1 Å². The number of hydrogen-bond donors (Lipinski definition) is 0. The van der Waals surface area contributed by atoms with E-state index in [1.807, 2.05) is 0 Å². The molecule has 0 heterocycles. The number of sulfone groups is 1. The van der Waals surface area contributed by atoms with Gasteiger partial charge in [-0.25, -0.2) is 8.42 Å². The van der Waals surface area contributed by atoms with E-state index >= 15 is 0 Å². The standard InChI is InChI=1S/C11H12O2S2/c1-3-4-9-14-10-5-7-11(8-6-10)15(2,12)13/h1,5-8H,4,9H2,2H3. The van der Waals surface area contributed by atoms with Crippen molar-refractivity contribution < 1.29 is 8.42 Å². The summed E-state index contributed by atoms with van der Waals surface area (Å²) in [6, 6.07) is 6.84. The largest absolute Gasteiger partial charge is 0.224 e. The zero-order valence-electron chi connectivity index (χ0n) is 8.43. The van der Waals surface area contributed by atoms with E-state index in [2.05, 4.69) is 5.92 Å². The fraction of sp³-hybridized carbons (Fsp3) is 0.273.